The maximum absolute atomic E-state index is 12.7. The van der Waals surface area contributed by atoms with Gasteiger partial charge >= 0.3 is 6.03 Å². The molecule has 0 radical (unpaired) electrons. The lowest BCUT2D eigenvalue weighted by molar-refractivity contribution is 0.235. The normalized spacial score (nSPS) is 18.6. The van der Waals surface area contributed by atoms with Gasteiger partial charge in [-0.1, -0.05) is 60.1 Å². The van der Waals surface area contributed by atoms with Gasteiger partial charge in [-0.3, -0.25) is 4.90 Å². The molecule has 7 heteroatoms. The Bertz CT molecular complexity index is 841. The zero-order chi connectivity index (χ0) is 18.0. The molecule has 0 spiro atoms. The Hall–Kier alpha value is -1.69. The Kier molecular flexibility index (Phi) is 5.57. The number of para-hydroxylation sites is 1. The lowest BCUT2D eigenvalue weighted by Gasteiger charge is -2.17. The molecule has 4 nitrogen and oxygen atoms in total. The largest absolute Gasteiger partial charge is 0.327 e. The fourth-order valence-corrected chi connectivity index (χ4v) is 3.75. The van der Waals surface area contributed by atoms with Crippen LogP contribution in [0, 0.1) is 6.92 Å². The second kappa shape index (κ2) is 7.68. The van der Waals surface area contributed by atoms with Crippen LogP contribution in [0.5, 0.6) is 0 Å². The fraction of sp³-hybridized carbons (Fsp3) is 0.222. The SMILES string of the molecule is Cc1ccccc1N=C1SC(C)CN1C(=O)Nc1ccc(Cl)c(Cl)c1. The monoisotopic (exact) mass is 393 g/mol. The van der Waals surface area contributed by atoms with Crippen LogP contribution in [0.2, 0.25) is 10.0 Å². The molecule has 2 aromatic rings. The highest BCUT2D eigenvalue weighted by Crippen LogP contribution is 2.30. The second-order valence-electron chi connectivity index (χ2n) is 5.78. The Morgan fingerprint density at radius 2 is 2.00 bits per heavy atom. The third kappa shape index (κ3) is 4.29. The predicted octanol–water partition coefficient (Wildman–Crippen LogP) is 5.96. The van der Waals surface area contributed by atoms with Gasteiger partial charge < -0.3 is 5.32 Å². The van der Waals surface area contributed by atoms with Gasteiger partial charge in [-0.25, -0.2) is 9.79 Å². The third-order valence-corrected chi connectivity index (χ3v) is 5.54. The average Bonchev–Trinajstić information content (AvgIpc) is 2.94. The number of aliphatic imine (C=N–C) groups is 1. The molecule has 3 rings (SSSR count). The van der Waals surface area contributed by atoms with Gasteiger partial charge in [-0.2, -0.15) is 0 Å². The number of anilines is 1. The summed E-state index contributed by atoms with van der Waals surface area (Å²) in [5, 5.41) is 4.68. The van der Waals surface area contributed by atoms with Gasteiger partial charge in [0.25, 0.3) is 0 Å². The molecule has 25 heavy (non-hydrogen) atoms. The lowest BCUT2D eigenvalue weighted by atomic mass is 10.2. The van der Waals surface area contributed by atoms with Gasteiger partial charge in [-0.15, -0.1) is 0 Å². The van der Waals surface area contributed by atoms with Gasteiger partial charge in [0.2, 0.25) is 0 Å². The number of urea groups is 1. The minimum absolute atomic E-state index is 0.234. The first kappa shape index (κ1) is 18.1. The van der Waals surface area contributed by atoms with Crippen LogP contribution in [0.3, 0.4) is 0 Å². The van der Waals surface area contributed by atoms with Gasteiger partial charge in [0, 0.05) is 17.5 Å². The number of amidine groups is 1. The van der Waals surface area contributed by atoms with Crippen molar-refractivity contribution in [2.45, 2.75) is 19.1 Å². The van der Waals surface area contributed by atoms with Crippen LogP contribution >= 0.6 is 35.0 Å². The van der Waals surface area contributed by atoms with Crippen molar-refractivity contribution in [1.29, 1.82) is 0 Å². The standard InChI is InChI=1S/C18H17Cl2N3OS/c1-11-5-3-4-6-16(11)22-18-23(10-12(2)25-18)17(24)21-13-7-8-14(19)15(20)9-13/h3-9,12H,10H2,1-2H3,(H,21,24). The van der Waals surface area contributed by atoms with Crippen molar-refractivity contribution in [1.82, 2.24) is 4.90 Å². The molecule has 1 unspecified atom stereocenters. The van der Waals surface area contributed by atoms with E-state index >= 15 is 0 Å². The van der Waals surface area contributed by atoms with Crippen LogP contribution in [0.1, 0.15) is 12.5 Å². The first-order chi connectivity index (χ1) is 11.9. The Labute approximate surface area is 161 Å². The van der Waals surface area contributed by atoms with Crippen LogP contribution in [0.4, 0.5) is 16.2 Å². The molecule has 0 aromatic heterocycles. The molecule has 0 bridgehead atoms. The van der Waals surface area contributed by atoms with E-state index in [9.17, 15) is 4.79 Å². The van der Waals surface area contributed by atoms with E-state index in [-0.39, 0.29) is 11.3 Å². The first-order valence-corrected chi connectivity index (χ1v) is 9.42. The number of amides is 2. The van der Waals surface area contributed by atoms with Crippen LogP contribution in [-0.4, -0.2) is 27.9 Å². The summed E-state index contributed by atoms with van der Waals surface area (Å²) in [5.41, 5.74) is 2.53. The zero-order valence-electron chi connectivity index (χ0n) is 13.8. The number of halogens is 2. The second-order valence-corrected chi connectivity index (χ2v) is 8.00. The summed E-state index contributed by atoms with van der Waals surface area (Å²) in [5.74, 6) is 0. The van der Waals surface area contributed by atoms with E-state index in [2.05, 4.69) is 17.2 Å². The number of carbonyl (C=O) groups excluding carboxylic acids is 1. The van der Waals surface area contributed by atoms with Crippen molar-refractivity contribution < 1.29 is 4.79 Å². The van der Waals surface area contributed by atoms with Crippen molar-refractivity contribution in [2.75, 3.05) is 11.9 Å². The molecule has 1 heterocycles. The van der Waals surface area contributed by atoms with Crippen LogP contribution in [0.25, 0.3) is 0 Å². The van der Waals surface area contributed by atoms with Crippen molar-refractivity contribution >= 4 is 57.5 Å². The Balaban J connectivity index is 1.82. The molecule has 130 valence electrons. The minimum Gasteiger partial charge on any atom is -0.307 e. The predicted molar refractivity (Wildman–Crippen MR) is 108 cm³/mol. The lowest BCUT2D eigenvalue weighted by Crippen LogP contribution is -2.36. The van der Waals surface area contributed by atoms with Gasteiger partial charge in [0.1, 0.15) is 0 Å². The average molecular weight is 394 g/mol. The molecule has 1 N–H and O–H groups in total. The molecule has 0 aliphatic carbocycles. The van der Waals surface area contributed by atoms with Crippen LogP contribution in [0.15, 0.2) is 47.5 Å². The molecular weight excluding hydrogens is 377 g/mol. The number of nitrogens with zero attached hydrogens (tertiary/aromatic N) is 2. The number of hydrogen-bond acceptors (Lipinski definition) is 3. The summed E-state index contributed by atoms with van der Waals surface area (Å²) in [6.45, 7) is 4.68. The number of rotatable bonds is 2. The summed E-state index contributed by atoms with van der Waals surface area (Å²) >= 11 is 13.5. The van der Waals surface area contributed by atoms with Gasteiger partial charge in [0.05, 0.1) is 15.7 Å². The minimum atomic E-state index is -0.234. The molecular formula is C18H17Cl2N3OS. The Morgan fingerprint density at radius 3 is 2.72 bits per heavy atom. The first-order valence-electron chi connectivity index (χ1n) is 7.78. The maximum Gasteiger partial charge on any atom is 0.327 e. The number of hydrogen-bond donors (Lipinski definition) is 1. The van der Waals surface area contributed by atoms with E-state index in [4.69, 9.17) is 23.2 Å². The third-order valence-electron chi connectivity index (χ3n) is 3.72. The maximum atomic E-state index is 12.7. The molecule has 1 atom stereocenters. The van der Waals surface area contributed by atoms with Gasteiger partial charge in [0.15, 0.2) is 5.17 Å². The van der Waals surface area contributed by atoms with Crippen molar-refractivity contribution in [3.05, 3.63) is 58.1 Å². The molecule has 1 saturated heterocycles. The van der Waals surface area contributed by atoms with E-state index in [1.165, 1.54) is 0 Å². The summed E-state index contributed by atoms with van der Waals surface area (Å²) in [6, 6.07) is 12.6. The van der Waals surface area contributed by atoms with E-state index in [1.54, 1.807) is 34.9 Å². The summed E-state index contributed by atoms with van der Waals surface area (Å²) in [7, 11) is 0. The number of aryl methyl sites for hydroxylation is 1. The summed E-state index contributed by atoms with van der Waals surface area (Å²) in [6.07, 6.45) is 0. The molecule has 1 aliphatic rings. The van der Waals surface area contributed by atoms with E-state index in [1.807, 2.05) is 31.2 Å². The van der Waals surface area contributed by atoms with Crippen molar-refractivity contribution in [3.8, 4) is 0 Å². The summed E-state index contributed by atoms with van der Waals surface area (Å²) in [4.78, 5) is 19.0. The highest BCUT2D eigenvalue weighted by Gasteiger charge is 2.31. The summed E-state index contributed by atoms with van der Waals surface area (Å²) < 4.78 is 0. The van der Waals surface area contributed by atoms with Gasteiger partial charge in [-0.05, 0) is 36.8 Å². The molecule has 1 aliphatic heterocycles. The van der Waals surface area contributed by atoms with Crippen LogP contribution < -0.4 is 5.32 Å². The van der Waals surface area contributed by atoms with E-state index in [0.29, 0.717) is 27.4 Å². The smallest absolute Gasteiger partial charge is 0.307 e. The highest BCUT2D eigenvalue weighted by atomic mass is 35.5. The number of carbonyl (C=O) groups is 1. The molecule has 0 saturated carbocycles. The van der Waals surface area contributed by atoms with Crippen LogP contribution in [-0.2, 0) is 0 Å². The highest BCUT2D eigenvalue weighted by molar-refractivity contribution is 8.14. The number of thioether (sulfide) groups is 1. The topological polar surface area (TPSA) is 44.7 Å². The fourth-order valence-electron chi connectivity index (χ4n) is 2.43. The van der Waals surface area contributed by atoms with Crippen molar-refractivity contribution in [2.24, 2.45) is 4.99 Å². The zero-order valence-corrected chi connectivity index (χ0v) is 16.1. The van der Waals surface area contributed by atoms with Crippen molar-refractivity contribution in [3.63, 3.8) is 0 Å². The number of benzene rings is 2. The molecule has 2 amide bonds. The quantitative estimate of drug-likeness (QED) is 0.683. The Morgan fingerprint density at radius 1 is 1.24 bits per heavy atom. The molecule has 2 aromatic carbocycles. The van der Waals surface area contributed by atoms with E-state index in [0.717, 1.165) is 11.3 Å². The molecule has 1 fully saturated rings. The number of nitrogens with one attached hydrogen (secondary N) is 1. The van der Waals surface area contributed by atoms with E-state index < -0.39 is 0 Å².